The van der Waals surface area contributed by atoms with E-state index in [2.05, 4.69) is 20.8 Å². The van der Waals surface area contributed by atoms with Gasteiger partial charge in [-0.1, -0.05) is 42.8 Å². The molecule has 0 N–H and O–H groups in total. The van der Waals surface area contributed by atoms with Gasteiger partial charge in [-0.05, 0) is 45.4 Å². The number of benzene rings is 1. The lowest BCUT2D eigenvalue weighted by Gasteiger charge is -2.31. The summed E-state index contributed by atoms with van der Waals surface area (Å²) in [5, 5.41) is 1.26. The minimum absolute atomic E-state index is 0.0713. The molecule has 0 radical (unpaired) electrons. The minimum atomic E-state index is -0.247. The first kappa shape index (κ1) is 20.1. The first-order valence-electron chi connectivity index (χ1n) is 10.2. The third kappa shape index (κ3) is 4.09. The maximum atomic E-state index is 13.5. The van der Waals surface area contributed by atoms with Crippen molar-refractivity contribution in [3.63, 3.8) is 0 Å². The zero-order valence-corrected chi connectivity index (χ0v) is 18.3. The second-order valence-corrected chi connectivity index (χ2v) is 9.33. The van der Waals surface area contributed by atoms with Gasteiger partial charge in [0.1, 0.15) is 0 Å². The van der Waals surface area contributed by atoms with Crippen LogP contribution in [0, 0.1) is 6.92 Å². The maximum Gasteiger partial charge on any atom is 0.268 e. The molecule has 1 aliphatic heterocycles. The fourth-order valence-electron chi connectivity index (χ4n) is 3.50. The van der Waals surface area contributed by atoms with Gasteiger partial charge in [0.05, 0.1) is 29.0 Å². The molecule has 29 heavy (non-hydrogen) atoms. The minimum Gasteiger partial charge on any atom is -0.370 e. The van der Waals surface area contributed by atoms with E-state index in [0.29, 0.717) is 22.8 Å². The van der Waals surface area contributed by atoms with Crippen LogP contribution >= 0.6 is 11.8 Å². The van der Waals surface area contributed by atoms with Crippen molar-refractivity contribution in [1.29, 1.82) is 0 Å². The van der Waals surface area contributed by atoms with Crippen molar-refractivity contribution < 1.29 is 4.74 Å². The van der Waals surface area contributed by atoms with Crippen molar-refractivity contribution in [3.05, 3.63) is 57.5 Å². The number of nitrogens with zero attached hydrogens (tertiary/aromatic N) is 3. The summed E-state index contributed by atoms with van der Waals surface area (Å²) in [6, 6.07) is 9.92. The largest absolute Gasteiger partial charge is 0.370 e. The number of unbranched alkanes of at least 4 members (excludes halogenated alkanes) is 1. The van der Waals surface area contributed by atoms with Crippen LogP contribution in [0.3, 0.4) is 0 Å². The number of hydrogen-bond acceptors (Lipinski definition) is 5. The molecule has 1 aromatic carbocycles. The number of aryl methyl sites for hydroxylation is 1. The van der Waals surface area contributed by atoms with E-state index >= 15 is 0 Å². The average molecular weight is 410 g/mol. The fraction of sp³-hybridized carbons (Fsp3) is 0.435. The lowest BCUT2D eigenvalue weighted by Crippen LogP contribution is -2.33. The summed E-state index contributed by atoms with van der Waals surface area (Å²) in [5.74, 6) is 0.923. The third-order valence-corrected chi connectivity index (χ3v) is 6.25. The molecule has 0 atom stereocenters. The van der Waals surface area contributed by atoms with E-state index in [1.54, 1.807) is 16.3 Å². The molecule has 5 nitrogen and oxygen atoms in total. The first-order valence-corrected chi connectivity index (χ1v) is 11.2. The van der Waals surface area contributed by atoms with Crippen molar-refractivity contribution in [1.82, 2.24) is 14.5 Å². The Morgan fingerprint density at radius 3 is 2.69 bits per heavy atom. The van der Waals surface area contributed by atoms with Gasteiger partial charge in [0, 0.05) is 17.7 Å². The van der Waals surface area contributed by atoms with Crippen LogP contribution in [-0.4, -0.2) is 25.9 Å². The topological polar surface area (TPSA) is 57.0 Å². The van der Waals surface area contributed by atoms with Crippen LogP contribution in [0.15, 0.2) is 40.3 Å². The lowest BCUT2D eigenvalue weighted by atomic mass is 9.95. The van der Waals surface area contributed by atoms with Gasteiger partial charge < -0.3 is 4.74 Å². The maximum absolute atomic E-state index is 13.5. The Balaban J connectivity index is 1.90. The zero-order valence-electron chi connectivity index (χ0n) is 17.5. The molecule has 0 saturated heterocycles. The van der Waals surface area contributed by atoms with E-state index in [1.165, 1.54) is 0 Å². The molecule has 3 heterocycles. The highest BCUT2D eigenvalue weighted by atomic mass is 32.2. The summed E-state index contributed by atoms with van der Waals surface area (Å²) in [4.78, 5) is 23.1. The highest BCUT2D eigenvalue weighted by Crippen LogP contribution is 2.29. The number of hydrogen-bond donors (Lipinski definition) is 0. The molecule has 2 aromatic heterocycles. The van der Waals surface area contributed by atoms with Crippen molar-refractivity contribution >= 4 is 22.8 Å². The van der Waals surface area contributed by atoms with Gasteiger partial charge in [-0.25, -0.2) is 9.97 Å². The molecule has 0 spiro atoms. The van der Waals surface area contributed by atoms with Crippen LogP contribution in [0.2, 0.25) is 0 Å². The summed E-state index contributed by atoms with van der Waals surface area (Å²) in [6.07, 6.45) is 2.91. The van der Waals surface area contributed by atoms with Gasteiger partial charge in [0.2, 0.25) is 0 Å². The number of ether oxygens (including phenoxy) is 1. The van der Waals surface area contributed by atoms with Crippen LogP contribution in [0.5, 0.6) is 0 Å². The molecule has 152 valence electrons. The summed E-state index contributed by atoms with van der Waals surface area (Å²) in [5.41, 5.74) is 4.18. The Morgan fingerprint density at radius 2 is 1.97 bits per heavy atom. The molecule has 3 aromatic rings. The Labute approximate surface area is 175 Å². The molecular formula is C23H27N3O2S. The van der Waals surface area contributed by atoms with Crippen molar-refractivity contribution in [2.45, 2.75) is 64.3 Å². The lowest BCUT2D eigenvalue weighted by molar-refractivity contribution is -0.0411. The van der Waals surface area contributed by atoms with Gasteiger partial charge >= 0.3 is 0 Å². The van der Waals surface area contributed by atoms with Crippen LogP contribution in [0.25, 0.3) is 16.7 Å². The predicted octanol–water partition coefficient (Wildman–Crippen LogP) is 4.83. The van der Waals surface area contributed by atoms with Crippen molar-refractivity contribution in [2.75, 3.05) is 5.75 Å². The van der Waals surface area contributed by atoms with Gasteiger partial charge in [-0.15, -0.1) is 0 Å². The van der Waals surface area contributed by atoms with E-state index in [9.17, 15) is 4.79 Å². The summed E-state index contributed by atoms with van der Waals surface area (Å²) < 4.78 is 7.65. The van der Waals surface area contributed by atoms with Crippen LogP contribution < -0.4 is 5.56 Å². The summed E-state index contributed by atoms with van der Waals surface area (Å²) in [6.45, 7) is 8.81. The molecule has 0 amide bonds. The third-order valence-electron chi connectivity index (χ3n) is 5.23. The van der Waals surface area contributed by atoms with Gasteiger partial charge in [-0.3, -0.25) is 9.36 Å². The molecule has 1 aliphatic rings. The molecule has 0 unspecified atom stereocenters. The molecule has 6 heteroatoms. The number of fused-ring (bicyclic) bond motifs is 2. The highest BCUT2D eigenvalue weighted by Gasteiger charge is 2.28. The molecule has 0 bridgehead atoms. The number of rotatable bonds is 5. The molecule has 4 rings (SSSR count). The van der Waals surface area contributed by atoms with E-state index in [-0.39, 0.29) is 11.2 Å². The summed E-state index contributed by atoms with van der Waals surface area (Å²) >= 11 is 1.62. The zero-order chi connectivity index (χ0) is 20.6. The fourth-order valence-corrected chi connectivity index (χ4v) is 4.59. The van der Waals surface area contributed by atoms with Gasteiger partial charge in [0.25, 0.3) is 5.56 Å². The predicted molar refractivity (Wildman–Crippen MR) is 118 cm³/mol. The molecular weight excluding hydrogens is 382 g/mol. The Morgan fingerprint density at radius 1 is 1.21 bits per heavy atom. The summed E-state index contributed by atoms with van der Waals surface area (Å²) in [7, 11) is 0. The Kier molecular flexibility index (Phi) is 5.49. The number of thioether (sulfide) groups is 1. The Hall–Kier alpha value is -2.18. The molecule has 0 saturated carbocycles. The van der Waals surface area contributed by atoms with E-state index in [1.807, 2.05) is 37.3 Å². The average Bonchev–Trinajstić information content (AvgIpc) is 2.68. The highest BCUT2D eigenvalue weighted by molar-refractivity contribution is 7.99. The molecule has 0 fully saturated rings. The number of pyridine rings is 1. The first-order chi connectivity index (χ1) is 13.9. The normalized spacial score (nSPS) is 15.4. The number of aromatic nitrogens is 3. The van der Waals surface area contributed by atoms with Crippen LogP contribution in [-0.2, 0) is 17.8 Å². The molecule has 0 aliphatic carbocycles. The van der Waals surface area contributed by atoms with Gasteiger partial charge in [0.15, 0.2) is 10.8 Å². The second-order valence-electron chi connectivity index (χ2n) is 8.26. The smallest absolute Gasteiger partial charge is 0.268 e. The van der Waals surface area contributed by atoms with E-state index in [4.69, 9.17) is 14.7 Å². The Bertz CT molecular complexity index is 1100. The van der Waals surface area contributed by atoms with E-state index in [0.717, 1.165) is 47.5 Å². The van der Waals surface area contributed by atoms with Gasteiger partial charge in [-0.2, -0.15) is 0 Å². The quantitative estimate of drug-likeness (QED) is 0.343. The van der Waals surface area contributed by atoms with Crippen molar-refractivity contribution in [3.8, 4) is 5.69 Å². The van der Waals surface area contributed by atoms with Crippen molar-refractivity contribution in [2.24, 2.45) is 0 Å². The monoisotopic (exact) mass is 409 g/mol. The van der Waals surface area contributed by atoms with Crippen LogP contribution in [0.4, 0.5) is 0 Å². The standard InChI is InChI=1S/C23H27N3O2S/c1-5-6-11-29-22-25-20-18(12-16-14-28-23(3,4)13-19(16)24-20)21(27)26(22)17-9-7-15(2)8-10-17/h7-10,12H,5-6,11,13-14H2,1-4H3. The SMILES string of the molecule is CCCCSc1nc2nc3c(cc2c(=O)n1-c1ccc(C)cc1)COC(C)(C)C3. The second kappa shape index (κ2) is 7.92. The van der Waals surface area contributed by atoms with Crippen LogP contribution in [0.1, 0.15) is 50.4 Å². The van der Waals surface area contributed by atoms with E-state index < -0.39 is 0 Å².